The number of nitrogens with zero attached hydrogens (tertiary/aromatic N) is 1. The Labute approximate surface area is 167 Å². The van der Waals surface area contributed by atoms with Crippen molar-refractivity contribution in [1.82, 2.24) is 0 Å². The summed E-state index contributed by atoms with van der Waals surface area (Å²) < 4.78 is 25.5. The minimum absolute atomic E-state index is 0.0671. The number of nitrogens with two attached hydrogens (primary N) is 1. The first-order valence-electron chi connectivity index (χ1n) is 7.66. The molecule has 1 atom stereocenters. The van der Waals surface area contributed by atoms with Gasteiger partial charge < -0.3 is 11.1 Å². The molecule has 0 aliphatic carbocycles. The van der Waals surface area contributed by atoms with Crippen LogP contribution in [0, 0.1) is 0 Å². The monoisotopic (exact) mass is 429 g/mol. The molecule has 0 aromatic heterocycles. The van der Waals surface area contributed by atoms with E-state index < -0.39 is 27.9 Å². The van der Waals surface area contributed by atoms with Gasteiger partial charge in [0.1, 0.15) is 6.04 Å². The van der Waals surface area contributed by atoms with Crippen molar-refractivity contribution in [2.75, 3.05) is 15.9 Å². The smallest absolute Gasteiger partial charge is 0.250 e. The molecule has 0 spiro atoms. The maximum Gasteiger partial charge on any atom is 0.250 e. The fourth-order valence-corrected chi connectivity index (χ4v) is 4.08. The van der Waals surface area contributed by atoms with Crippen molar-refractivity contribution >= 4 is 56.4 Å². The quantitative estimate of drug-likeness (QED) is 0.734. The largest absolute Gasteiger partial charge is 0.366 e. The standard InChI is InChI=1S/C17H17Cl2N3O4S/c1-10(17(24)21-14-6-4-3-5-12(14)16(20)23)22(27(2,25)26)15-9-11(18)7-8-13(15)19/h3-10H,1-2H3,(H2,20,23)(H,21,24)/t10-/m0/s1. The number of primary amides is 1. The molecule has 2 aromatic rings. The van der Waals surface area contributed by atoms with Gasteiger partial charge in [-0.15, -0.1) is 0 Å². The van der Waals surface area contributed by atoms with Crippen LogP contribution in [0.5, 0.6) is 0 Å². The van der Waals surface area contributed by atoms with E-state index in [0.29, 0.717) is 0 Å². The van der Waals surface area contributed by atoms with E-state index in [9.17, 15) is 18.0 Å². The van der Waals surface area contributed by atoms with Gasteiger partial charge in [-0.05, 0) is 37.3 Å². The van der Waals surface area contributed by atoms with Gasteiger partial charge in [-0.25, -0.2) is 8.42 Å². The molecule has 27 heavy (non-hydrogen) atoms. The number of rotatable bonds is 6. The van der Waals surface area contributed by atoms with E-state index in [-0.39, 0.29) is 27.0 Å². The molecule has 2 amide bonds. The van der Waals surface area contributed by atoms with Crippen molar-refractivity contribution < 1.29 is 18.0 Å². The Morgan fingerprint density at radius 1 is 1.15 bits per heavy atom. The summed E-state index contributed by atoms with van der Waals surface area (Å²) in [6, 6.07) is 9.24. The van der Waals surface area contributed by atoms with Crippen LogP contribution in [0.4, 0.5) is 11.4 Å². The molecule has 0 bridgehead atoms. The molecule has 0 radical (unpaired) electrons. The number of amides is 2. The average molecular weight is 430 g/mol. The lowest BCUT2D eigenvalue weighted by atomic mass is 10.1. The van der Waals surface area contributed by atoms with Gasteiger partial charge in [0.2, 0.25) is 15.9 Å². The van der Waals surface area contributed by atoms with E-state index in [0.717, 1.165) is 10.6 Å². The minimum atomic E-state index is -3.88. The lowest BCUT2D eigenvalue weighted by Crippen LogP contribution is -2.45. The molecular weight excluding hydrogens is 413 g/mol. The summed E-state index contributed by atoms with van der Waals surface area (Å²) in [7, 11) is -3.88. The number of hydrogen-bond acceptors (Lipinski definition) is 4. The van der Waals surface area contributed by atoms with E-state index >= 15 is 0 Å². The van der Waals surface area contributed by atoms with Gasteiger partial charge in [-0.2, -0.15) is 0 Å². The van der Waals surface area contributed by atoms with Crippen molar-refractivity contribution in [2.24, 2.45) is 5.73 Å². The van der Waals surface area contributed by atoms with E-state index in [1.54, 1.807) is 12.1 Å². The second kappa shape index (κ2) is 8.16. The second-order valence-electron chi connectivity index (χ2n) is 5.73. The number of hydrogen-bond donors (Lipinski definition) is 2. The molecule has 0 aliphatic rings. The molecule has 2 aromatic carbocycles. The number of carbonyl (C=O) groups excluding carboxylic acids is 2. The van der Waals surface area contributed by atoms with Crippen molar-refractivity contribution in [3.8, 4) is 0 Å². The predicted molar refractivity (Wildman–Crippen MR) is 107 cm³/mol. The molecule has 0 heterocycles. The van der Waals surface area contributed by atoms with Crippen molar-refractivity contribution in [3.05, 3.63) is 58.1 Å². The summed E-state index contributed by atoms with van der Waals surface area (Å²) in [6.07, 6.45) is 0.950. The van der Waals surface area contributed by atoms with Gasteiger partial charge in [-0.3, -0.25) is 13.9 Å². The Morgan fingerprint density at radius 2 is 1.78 bits per heavy atom. The van der Waals surface area contributed by atoms with Gasteiger partial charge in [0.05, 0.1) is 28.2 Å². The molecule has 0 aliphatic heterocycles. The first-order valence-corrected chi connectivity index (χ1v) is 10.3. The summed E-state index contributed by atoms with van der Waals surface area (Å²) in [6.45, 7) is 1.39. The molecule has 3 N–H and O–H groups in total. The normalized spacial score (nSPS) is 12.3. The van der Waals surface area contributed by atoms with Crippen LogP contribution < -0.4 is 15.4 Å². The predicted octanol–water partition coefficient (Wildman–Crippen LogP) is 2.89. The van der Waals surface area contributed by atoms with Gasteiger partial charge in [0.25, 0.3) is 5.91 Å². The van der Waals surface area contributed by atoms with Crippen LogP contribution in [0.1, 0.15) is 17.3 Å². The zero-order valence-electron chi connectivity index (χ0n) is 14.4. The average Bonchev–Trinajstić information content (AvgIpc) is 2.57. The number of sulfonamides is 1. The summed E-state index contributed by atoms with van der Waals surface area (Å²) in [4.78, 5) is 24.2. The maximum absolute atomic E-state index is 12.7. The van der Waals surface area contributed by atoms with Crippen LogP contribution in [0.15, 0.2) is 42.5 Å². The third-order valence-electron chi connectivity index (χ3n) is 3.68. The summed E-state index contributed by atoms with van der Waals surface area (Å²) in [5.41, 5.74) is 5.64. The Bertz CT molecular complexity index is 995. The Kier molecular flexibility index (Phi) is 6.35. The van der Waals surface area contributed by atoms with Crippen molar-refractivity contribution in [2.45, 2.75) is 13.0 Å². The Hall–Kier alpha value is -2.29. The number of nitrogens with one attached hydrogen (secondary N) is 1. The van der Waals surface area contributed by atoms with Crippen molar-refractivity contribution in [3.63, 3.8) is 0 Å². The van der Waals surface area contributed by atoms with Gasteiger partial charge >= 0.3 is 0 Å². The van der Waals surface area contributed by atoms with Crippen LogP contribution in [0.3, 0.4) is 0 Å². The zero-order valence-corrected chi connectivity index (χ0v) is 16.8. The topological polar surface area (TPSA) is 110 Å². The van der Waals surface area contributed by atoms with E-state index in [2.05, 4.69) is 5.32 Å². The van der Waals surface area contributed by atoms with Gasteiger partial charge in [-0.1, -0.05) is 35.3 Å². The van der Waals surface area contributed by atoms with Gasteiger partial charge in [0.15, 0.2) is 0 Å². The summed E-state index contributed by atoms with van der Waals surface area (Å²) in [5, 5.41) is 2.90. The second-order valence-corrected chi connectivity index (χ2v) is 8.43. The highest BCUT2D eigenvalue weighted by Crippen LogP contribution is 2.32. The molecule has 0 saturated heterocycles. The molecule has 0 fully saturated rings. The fourth-order valence-electron chi connectivity index (χ4n) is 2.48. The SMILES string of the molecule is C[C@@H](C(=O)Nc1ccccc1C(N)=O)N(c1cc(Cl)ccc1Cl)S(C)(=O)=O. The third-order valence-corrected chi connectivity index (χ3v) is 5.47. The third kappa shape index (κ3) is 4.91. The van der Waals surface area contributed by atoms with Crippen LogP contribution in [-0.4, -0.2) is 32.5 Å². The molecule has 0 unspecified atom stereocenters. The zero-order chi connectivity index (χ0) is 20.4. The molecule has 2 rings (SSSR count). The number of anilines is 2. The first kappa shape index (κ1) is 21.0. The van der Waals surface area contributed by atoms with E-state index in [1.807, 2.05) is 0 Å². The lowest BCUT2D eigenvalue weighted by Gasteiger charge is -2.29. The van der Waals surface area contributed by atoms with Gasteiger partial charge in [0, 0.05) is 5.02 Å². The Morgan fingerprint density at radius 3 is 2.37 bits per heavy atom. The van der Waals surface area contributed by atoms with Crippen LogP contribution >= 0.6 is 23.2 Å². The number of para-hydroxylation sites is 1. The number of benzene rings is 2. The molecule has 7 nitrogen and oxygen atoms in total. The number of carbonyl (C=O) groups is 2. The lowest BCUT2D eigenvalue weighted by molar-refractivity contribution is -0.116. The highest BCUT2D eigenvalue weighted by Gasteiger charge is 2.31. The van der Waals surface area contributed by atoms with Crippen molar-refractivity contribution in [1.29, 1.82) is 0 Å². The van der Waals surface area contributed by atoms with Crippen LogP contribution in [-0.2, 0) is 14.8 Å². The summed E-state index contributed by atoms with van der Waals surface area (Å²) >= 11 is 12.1. The highest BCUT2D eigenvalue weighted by molar-refractivity contribution is 7.92. The molecule has 144 valence electrons. The number of halogens is 2. The van der Waals surface area contributed by atoms with E-state index in [4.69, 9.17) is 28.9 Å². The molecule has 0 saturated carbocycles. The fraction of sp³-hybridized carbons (Fsp3) is 0.176. The summed E-state index contributed by atoms with van der Waals surface area (Å²) in [5.74, 6) is -1.40. The van der Waals surface area contributed by atoms with Crippen LogP contribution in [0.25, 0.3) is 0 Å². The first-order chi connectivity index (χ1) is 12.5. The molecular formula is C17H17Cl2N3O4S. The minimum Gasteiger partial charge on any atom is -0.366 e. The van der Waals surface area contributed by atoms with Crippen LogP contribution in [0.2, 0.25) is 10.0 Å². The highest BCUT2D eigenvalue weighted by atomic mass is 35.5. The Balaban J connectivity index is 2.42. The maximum atomic E-state index is 12.7. The van der Waals surface area contributed by atoms with E-state index in [1.165, 1.54) is 37.3 Å². The molecule has 10 heteroatoms.